The lowest BCUT2D eigenvalue weighted by molar-refractivity contribution is -0.180. The van der Waals surface area contributed by atoms with Crippen molar-refractivity contribution in [1.82, 2.24) is 10.2 Å². The Hall–Kier alpha value is -2.93. The molecule has 2 heterocycles. The van der Waals surface area contributed by atoms with Crippen LogP contribution < -0.4 is 5.32 Å². The lowest BCUT2D eigenvalue weighted by atomic mass is 9.65. The van der Waals surface area contributed by atoms with Crippen molar-refractivity contribution in [3.05, 3.63) is 59.3 Å². The Morgan fingerprint density at radius 3 is 2.56 bits per heavy atom. The zero-order chi connectivity index (χ0) is 28.2. The van der Waals surface area contributed by atoms with E-state index in [0.717, 1.165) is 31.2 Å². The lowest BCUT2D eigenvalue weighted by Gasteiger charge is -2.53. The number of amides is 2. The quantitative estimate of drug-likeness (QED) is 0.360. The number of carbonyl (C=O) groups is 3. The van der Waals surface area contributed by atoms with Crippen molar-refractivity contribution in [2.45, 2.75) is 91.4 Å². The van der Waals surface area contributed by atoms with Gasteiger partial charge in [-0.15, -0.1) is 0 Å². The predicted molar refractivity (Wildman–Crippen MR) is 150 cm³/mol. The third kappa shape index (κ3) is 6.29. The average Bonchev–Trinajstić information content (AvgIpc) is 2.92. The highest BCUT2D eigenvalue weighted by atomic mass is 16.5. The summed E-state index contributed by atoms with van der Waals surface area (Å²) >= 11 is 0. The fourth-order valence-electron chi connectivity index (χ4n) is 6.15. The molecule has 7 heteroatoms. The zero-order valence-electron chi connectivity index (χ0n) is 24.1. The van der Waals surface area contributed by atoms with Crippen LogP contribution in [0.1, 0.15) is 78.2 Å². The Morgan fingerprint density at radius 1 is 1.18 bits per heavy atom. The number of ether oxygens (including phenoxy) is 2. The van der Waals surface area contributed by atoms with Crippen LogP contribution in [0.2, 0.25) is 0 Å². The number of rotatable bonds is 8. The Balaban J connectivity index is 1.66. The third-order valence-electron chi connectivity index (χ3n) is 8.49. The van der Waals surface area contributed by atoms with Gasteiger partial charge in [-0.25, -0.2) is 0 Å². The van der Waals surface area contributed by atoms with Crippen LogP contribution >= 0.6 is 0 Å². The molecule has 0 radical (unpaired) electrons. The van der Waals surface area contributed by atoms with Gasteiger partial charge >= 0.3 is 5.97 Å². The fourth-order valence-corrected chi connectivity index (χ4v) is 6.15. The van der Waals surface area contributed by atoms with Crippen LogP contribution in [-0.4, -0.2) is 48.5 Å². The molecule has 1 aromatic carbocycles. The molecule has 212 valence electrons. The van der Waals surface area contributed by atoms with E-state index in [4.69, 9.17) is 9.47 Å². The van der Waals surface area contributed by atoms with Gasteiger partial charge in [0.1, 0.15) is 5.41 Å². The number of piperidine rings is 1. The van der Waals surface area contributed by atoms with Crippen molar-refractivity contribution >= 4 is 17.8 Å². The summed E-state index contributed by atoms with van der Waals surface area (Å²) in [5.41, 5.74) is 1.64. The molecule has 7 nitrogen and oxygen atoms in total. The number of methoxy groups -OCH3 is 1. The summed E-state index contributed by atoms with van der Waals surface area (Å²) < 4.78 is 11.8. The standard InChI is InChI=1S/C32H44N2O5/c1-22-32(30(37)38-5)20-25(18-28(35)33-21-24-14-10-7-11-15-24)29(36)34(17-16-23-12-8-6-9-13-23)26(32)19-27(39-22)31(2,3)4/h7,10-12,14-15,19,22,25,27H,6,8-9,13,16-18,20-21H2,1-5H3,(H,33,35)/t22-,25+,27-,32+/m1/s1. The van der Waals surface area contributed by atoms with Crippen LogP contribution in [0, 0.1) is 16.7 Å². The third-order valence-corrected chi connectivity index (χ3v) is 8.49. The number of fused-ring (bicyclic) bond motifs is 1. The van der Waals surface area contributed by atoms with Crippen molar-refractivity contribution in [3.8, 4) is 0 Å². The van der Waals surface area contributed by atoms with E-state index in [9.17, 15) is 14.4 Å². The molecule has 4 rings (SSSR count). The van der Waals surface area contributed by atoms with Gasteiger partial charge in [0, 0.05) is 31.1 Å². The molecule has 2 amide bonds. The number of nitrogens with one attached hydrogen (secondary N) is 1. The largest absolute Gasteiger partial charge is 0.468 e. The van der Waals surface area contributed by atoms with E-state index in [0.29, 0.717) is 18.8 Å². The van der Waals surface area contributed by atoms with Crippen LogP contribution in [0.3, 0.4) is 0 Å². The highest BCUT2D eigenvalue weighted by molar-refractivity contribution is 5.92. The minimum Gasteiger partial charge on any atom is -0.468 e. The molecule has 2 aliphatic heterocycles. The predicted octanol–water partition coefficient (Wildman–Crippen LogP) is 5.31. The second-order valence-electron chi connectivity index (χ2n) is 12.3. The van der Waals surface area contributed by atoms with Gasteiger partial charge in [-0.3, -0.25) is 14.4 Å². The van der Waals surface area contributed by atoms with Crippen LogP contribution in [-0.2, 0) is 30.4 Å². The topological polar surface area (TPSA) is 84.9 Å². The number of esters is 1. The maximum absolute atomic E-state index is 14.1. The molecule has 0 bridgehead atoms. The molecule has 0 saturated carbocycles. The fraction of sp³-hybridized carbons (Fsp3) is 0.594. The molecule has 1 aliphatic carbocycles. The minimum atomic E-state index is -1.16. The second-order valence-corrected chi connectivity index (χ2v) is 12.3. The first kappa shape index (κ1) is 29.1. The summed E-state index contributed by atoms with van der Waals surface area (Å²) in [6.45, 7) is 9.03. The Morgan fingerprint density at radius 2 is 1.92 bits per heavy atom. The minimum absolute atomic E-state index is 0.00626. The summed E-state index contributed by atoms with van der Waals surface area (Å²) in [4.78, 5) is 42.5. The molecule has 1 N–H and O–H groups in total. The molecule has 1 saturated heterocycles. The number of likely N-dealkylation sites (tertiary alicyclic amines) is 1. The molecule has 0 spiro atoms. The van der Waals surface area contributed by atoms with E-state index < -0.39 is 23.4 Å². The van der Waals surface area contributed by atoms with Gasteiger partial charge in [-0.2, -0.15) is 0 Å². The first-order valence-electron chi connectivity index (χ1n) is 14.3. The lowest BCUT2D eigenvalue weighted by Crippen LogP contribution is -2.61. The van der Waals surface area contributed by atoms with Gasteiger partial charge in [0.05, 0.1) is 19.3 Å². The van der Waals surface area contributed by atoms with Gasteiger partial charge in [-0.05, 0) is 62.5 Å². The van der Waals surface area contributed by atoms with Gasteiger partial charge < -0.3 is 19.7 Å². The van der Waals surface area contributed by atoms with Crippen LogP contribution in [0.4, 0.5) is 0 Å². The van der Waals surface area contributed by atoms with Crippen molar-refractivity contribution < 1.29 is 23.9 Å². The monoisotopic (exact) mass is 536 g/mol. The molecule has 0 aromatic heterocycles. The maximum Gasteiger partial charge on any atom is 0.320 e. The molecule has 1 fully saturated rings. The molecule has 3 aliphatic rings. The number of allylic oxidation sites excluding steroid dienone is 1. The van der Waals surface area contributed by atoms with Crippen molar-refractivity contribution in [1.29, 1.82) is 0 Å². The number of nitrogens with zero attached hydrogens (tertiary/aromatic N) is 1. The van der Waals surface area contributed by atoms with E-state index in [1.807, 2.05) is 43.3 Å². The van der Waals surface area contributed by atoms with Gasteiger partial charge in [-0.1, -0.05) is 62.8 Å². The molecule has 0 unspecified atom stereocenters. The van der Waals surface area contributed by atoms with Crippen LogP contribution in [0.15, 0.2) is 53.8 Å². The van der Waals surface area contributed by atoms with Crippen molar-refractivity contribution in [3.63, 3.8) is 0 Å². The number of benzene rings is 1. The second kappa shape index (κ2) is 12.1. The van der Waals surface area contributed by atoms with Gasteiger partial charge in [0.15, 0.2) is 0 Å². The first-order valence-corrected chi connectivity index (χ1v) is 14.3. The smallest absolute Gasteiger partial charge is 0.320 e. The van der Waals surface area contributed by atoms with E-state index in [2.05, 4.69) is 32.2 Å². The molecule has 39 heavy (non-hydrogen) atoms. The summed E-state index contributed by atoms with van der Waals surface area (Å²) in [6, 6.07) is 9.68. The molecular formula is C32H44N2O5. The summed E-state index contributed by atoms with van der Waals surface area (Å²) in [7, 11) is 1.38. The molecule has 1 aromatic rings. The van der Waals surface area contributed by atoms with Crippen LogP contribution in [0.25, 0.3) is 0 Å². The molecular weight excluding hydrogens is 492 g/mol. The van der Waals surface area contributed by atoms with Crippen molar-refractivity contribution in [2.24, 2.45) is 16.7 Å². The van der Waals surface area contributed by atoms with E-state index in [1.165, 1.54) is 19.1 Å². The average molecular weight is 537 g/mol. The van der Waals surface area contributed by atoms with E-state index >= 15 is 0 Å². The highest BCUT2D eigenvalue weighted by Crippen LogP contribution is 2.52. The maximum atomic E-state index is 14.1. The highest BCUT2D eigenvalue weighted by Gasteiger charge is 2.60. The first-order chi connectivity index (χ1) is 18.6. The number of hydrogen-bond acceptors (Lipinski definition) is 5. The summed E-state index contributed by atoms with van der Waals surface area (Å²) in [5.74, 6) is -1.39. The van der Waals surface area contributed by atoms with E-state index in [-0.39, 0.29) is 36.2 Å². The van der Waals surface area contributed by atoms with Crippen molar-refractivity contribution in [2.75, 3.05) is 13.7 Å². The summed E-state index contributed by atoms with van der Waals surface area (Å²) in [5, 5.41) is 2.95. The number of carbonyl (C=O) groups excluding carboxylic acids is 3. The summed E-state index contributed by atoms with van der Waals surface area (Å²) in [6.07, 6.45) is 8.88. The Bertz CT molecular complexity index is 1120. The Kier molecular flexibility index (Phi) is 9.00. The normalized spacial score (nSPS) is 27.3. The van der Waals surface area contributed by atoms with Crippen LogP contribution in [0.5, 0.6) is 0 Å². The Labute approximate surface area is 233 Å². The molecule has 4 atom stereocenters. The van der Waals surface area contributed by atoms with Gasteiger partial charge in [0.2, 0.25) is 11.8 Å². The van der Waals surface area contributed by atoms with E-state index in [1.54, 1.807) is 4.90 Å². The van der Waals surface area contributed by atoms with Gasteiger partial charge in [0.25, 0.3) is 0 Å². The zero-order valence-corrected chi connectivity index (χ0v) is 24.1. The number of hydrogen-bond donors (Lipinski definition) is 1. The SMILES string of the molecule is COC(=O)[C@]12C[C@H](CC(=O)NCc3ccccc3)C(=O)N(CCC3=CCCCC3)C1=C[C@H](C(C)(C)C)O[C@@H]2C.